The van der Waals surface area contributed by atoms with E-state index in [0.717, 1.165) is 23.1 Å². The van der Waals surface area contributed by atoms with Crippen LogP contribution in [0.5, 0.6) is 0 Å². The van der Waals surface area contributed by atoms with Gasteiger partial charge in [0, 0.05) is 36.8 Å². The fourth-order valence-electron chi connectivity index (χ4n) is 4.08. The van der Waals surface area contributed by atoms with Crippen LogP contribution in [0.15, 0.2) is 52.4 Å². The van der Waals surface area contributed by atoms with Gasteiger partial charge < -0.3 is 9.30 Å². The molecule has 0 saturated carbocycles. The molecule has 1 saturated heterocycles. The number of thiazole rings is 1. The second-order valence-corrected chi connectivity index (χ2v) is 11.8. The quantitative estimate of drug-likeness (QED) is 0.427. The van der Waals surface area contributed by atoms with Crippen LogP contribution in [0.4, 0.5) is 0 Å². The number of amides is 1. The lowest BCUT2D eigenvalue weighted by molar-refractivity contribution is 0.0996. The van der Waals surface area contributed by atoms with E-state index in [1.807, 2.05) is 29.7 Å². The first-order valence-electron chi connectivity index (χ1n) is 11.4. The highest BCUT2D eigenvalue weighted by Crippen LogP contribution is 2.24. The molecule has 34 heavy (non-hydrogen) atoms. The van der Waals surface area contributed by atoms with E-state index in [-0.39, 0.29) is 4.90 Å². The van der Waals surface area contributed by atoms with E-state index in [9.17, 15) is 13.2 Å². The van der Waals surface area contributed by atoms with Crippen LogP contribution in [0.2, 0.25) is 5.02 Å². The van der Waals surface area contributed by atoms with Crippen molar-refractivity contribution in [2.45, 2.75) is 38.1 Å². The molecule has 1 unspecified atom stereocenters. The Morgan fingerprint density at radius 2 is 2.00 bits per heavy atom. The van der Waals surface area contributed by atoms with Gasteiger partial charge in [0.25, 0.3) is 5.91 Å². The minimum atomic E-state index is -3.57. The molecule has 182 valence electrons. The standard InChI is InChI=1S/C24H28ClN3O4S2/c1-3-32-14-13-28-21-11-8-19(25)15-22(21)33-24(28)26-23(29)18-6-9-20(10-7-18)34(30,31)27-12-4-5-17(2)16-27/h6-11,15,17H,3-5,12-14,16H2,1-2H3. The maximum atomic E-state index is 13.0. The van der Waals surface area contributed by atoms with Crippen molar-refractivity contribution >= 4 is 49.1 Å². The zero-order valence-electron chi connectivity index (χ0n) is 19.2. The number of benzene rings is 2. The van der Waals surface area contributed by atoms with Gasteiger partial charge in [-0.2, -0.15) is 9.30 Å². The summed E-state index contributed by atoms with van der Waals surface area (Å²) in [6.45, 7) is 6.69. The molecular weight excluding hydrogens is 494 g/mol. The highest BCUT2D eigenvalue weighted by molar-refractivity contribution is 7.89. The van der Waals surface area contributed by atoms with Gasteiger partial charge in [-0.1, -0.05) is 29.9 Å². The van der Waals surface area contributed by atoms with Crippen LogP contribution in [0.25, 0.3) is 10.2 Å². The van der Waals surface area contributed by atoms with E-state index >= 15 is 0 Å². The molecule has 0 bridgehead atoms. The maximum Gasteiger partial charge on any atom is 0.279 e. The number of sulfonamides is 1. The molecule has 2 heterocycles. The summed E-state index contributed by atoms with van der Waals surface area (Å²) in [4.78, 5) is 18.0. The third kappa shape index (κ3) is 5.44. The van der Waals surface area contributed by atoms with Crippen molar-refractivity contribution in [1.29, 1.82) is 0 Å². The monoisotopic (exact) mass is 521 g/mol. The molecular formula is C24H28ClN3O4S2. The Morgan fingerprint density at radius 3 is 2.71 bits per heavy atom. The molecule has 2 aromatic carbocycles. The van der Waals surface area contributed by atoms with E-state index in [2.05, 4.69) is 11.9 Å². The van der Waals surface area contributed by atoms with E-state index in [1.54, 1.807) is 0 Å². The summed E-state index contributed by atoms with van der Waals surface area (Å²) in [5.41, 5.74) is 1.26. The molecule has 7 nitrogen and oxygen atoms in total. The second kappa shape index (κ2) is 10.7. The molecule has 3 aromatic rings. The van der Waals surface area contributed by atoms with Gasteiger partial charge in [0.05, 0.1) is 21.7 Å². The summed E-state index contributed by atoms with van der Waals surface area (Å²) in [7, 11) is -3.57. The van der Waals surface area contributed by atoms with Crippen molar-refractivity contribution < 1.29 is 17.9 Å². The molecule has 10 heteroatoms. The Balaban J connectivity index is 1.62. The highest BCUT2D eigenvalue weighted by Gasteiger charge is 2.28. The predicted molar refractivity (Wildman–Crippen MR) is 135 cm³/mol. The van der Waals surface area contributed by atoms with Crippen LogP contribution in [0.1, 0.15) is 37.0 Å². The Labute approximate surface area is 208 Å². The highest BCUT2D eigenvalue weighted by atomic mass is 35.5. The fraction of sp³-hybridized carbons (Fsp3) is 0.417. The van der Waals surface area contributed by atoms with Gasteiger partial charge in [0.15, 0.2) is 4.80 Å². The largest absolute Gasteiger partial charge is 0.380 e. The van der Waals surface area contributed by atoms with Gasteiger partial charge in [0.2, 0.25) is 10.0 Å². The third-order valence-corrected chi connectivity index (χ3v) is 9.02. The number of halogens is 1. The number of carbonyl (C=O) groups is 1. The SMILES string of the molecule is CCOCCn1c(=NC(=O)c2ccc(S(=O)(=O)N3CCCC(C)C3)cc2)sc2cc(Cl)ccc21. The topological polar surface area (TPSA) is 81.0 Å². The molecule has 1 atom stereocenters. The number of piperidine rings is 1. The third-order valence-electron chi connectivity index (χ3n) is 5.86. The number of ether oxygens (including phenoxy) is 1. The maximum absolute atomic E-state index is 13.0. The lowest BCUT2D eigenvalue weighted by Gasteiger charge is -2.30. The molecule has 1 amide bonds. The van der Waals surface area contributed by atoms with Crippen LogP contribution in [-0.2, 0) is 21.3 Å². The number of rotatable bonds is 7. The van der Waals surface area contributed by atoms with Crippen LogP contribution in [-0.4, -0.2) is 49.5 Å². The van der Waals surface area contributed by atoms with Crippen LogP contribution in [0, 0.1) is 5.92 Å². The van der Waals surface area contributed by atoms with E-state index < -0.39 is 15.9 Å². The van der Waals surface area contributed by atoms with Gasteiger partial charge in [-0.25, -0.2) is 8.42 Å². The molecule has 0 N–H and O–H groups in total. The molecule has 0 aliphatic carbocycles. The van der Waals surface area contributed by atoms with Crippen LogP contribution >= 0.6 is 22.9 Å². The Hall–Kier alpha value is -2.04. The van der Waals surface area contributed by atoms with Gasteiger partial charge in [-0.3, -0.25) is 4.79 Å². The minimum Gasteiger partial charge on any atom is -0.380 e. The number of nitrogens with zero attached hydrogens (tertiary/aromatic N) is 3. The summed E-state index contributed by atoms with van der Waals surface area (Å²) in [6.07, 6.45) is 1.90. The number of hydrogen-bond donors (Lipinski definition) is 0. The molecule has 1 aromatic heterocycles. The lowest BCUT2D eigenvalue weighted by atomic mass is 10.0. The van der Waals surface area contributed by atoms with Gasteiger partial charge >= 0.3 is 0 Å². The number of aromatic nitrogens is 1. The summed E-state index contributed by atoms with van der Waals surface area (Å²) in [5.74, 6) is -0.0906. The number of fused-ring (bicyclic) bond motifs is 1. The molecule has 0 spiro atoms. The van der Waals surface area contributed by atoms with Crippen molar-refractivity contribution in [3.63, 3.8) is 0 Å². The van der Waals surface area contributed by atoms with Crippen molar-refractivity contribution in [2.75, 3.05) is 26.3 Å². The lowest BCUT2D eigenvalue weighted by Crippen LogP contribution is -2.39. The molecule has 4 rings (SSSR count). The van der Waals surface area contributed by atoms with Crippen LogP contribution < -0.4 is 4.80 Å². The van der Waals surface area contributed by atoms with Crippen LogP contribution in [0.3, 0.4) is 0 Å². The summed E-state index contributed by atoms with van der Waals surface area (Å²) in [5, 5.41) is 0.614. The van der Waals surface area contributed by atoms with Crippen molar-refractivity contribution in [2.24, 2.45) is 10.9 Å². The zero-order chi connectivity index (χ0) is 24.3. The van der Waals surface area contributed by atoms with Gasteiger partial charge in [-0.05, 0) is 68.1 Å². The zero-order valence-corrected chi connectivity index (χ0v) is 21.6. The van der Waals surface area contributed by atoms with Gasteiger partial charge in [0.1, 0.15) is 0 Å². The van der Waals surface area contributed by atoms with E-state index in [1.165, 1.54) is 39.9 Å². The minimum absolute atomic E-state index is 0.196. The summed E-state index contributed by atoms with van der Waals surface area (Å²) >= 11 is 7.53. The Bertz CT molecular complexity index is 1350. The average molecular weight is 522 g/mol. The molecule has 1 fully saturated rings. The fourth-order valence-corrected chi connectivity index (χ4v) is 7.01. The van der Waals surface area contributed by atoms with Crippen molar-refractivity contribution in [3.05, 3.63) is 57.9 Å². The van der Waals surface area contributed by atoms with Crippen molar-refractivity contribution in [1.82, 2.24) is 8.87 Å². The van der Waals surface area contributed by atoms with E-state index in [4.69, 9.17) is 16.3 Å². The van der Waals surface area contributed by atoms with E-state index in [0.29, 0.717) is 54.2 Å². The van der Waals surface area contributed by atoms with Gasteiger partial charge in [-0.15, -0.1) is 0 Å². The first-order valence-corrected chi connectivity index (χ1v) is 14.0. The molecule has 1 aliphatic rings. The first-order chi connectivity index (χ1) is 16.3. The summed E-state index contributed by atoms with van der Waals surface area (Å²) < 4.78 is 35.9. The van der Waals surface area contributed by atoms with Crippen molar-refractivity contribution in [3.8, 4) is 0 Å². The molecule has 1 aliphatic heterocycles. The number of hydrogen-bond acceptors (Lipinski definition) is 5. The Kier molecular flexibility index (Phi) is 7.89. The normalized spacial score (nSPS) is 18.0. The molecule has 0 radical (unpaired) electrons. The first kappa shape index (κ1) is 25.1. The number of carbonyl (C=O) groups excluding carboxylic acids is 1. The summed E-state index contributed by atoms with van der Waals surface area (Å²) in [6, 6.07) is 11.6. The average Bonchev–Trinajstić information content (AvgIpc) is 3.15. The smallest absolute Gasteiger partial charge is 0.279 e. The predicted octanol–water partition coefficient (Wildman–Crippen LogP) is 4.55. The second-order valence-electron chi connectivity index (χ2n) is 8.40. The Morgan fingerprint density at radius 1 is 1.24 bits per heavy atom.